The van der Waals surface area contributed by atoms with Gasteiger partial charge in [0.2, 0.25) is 0 Å². The zero-order valence-electron chi connectivity index (χ0n) is 14.3. The number of carbonyl (C=O) groups excluding carboxylic acids is 1. The van der Waals surface area contributed by atoms with Crippen LogP contribution < -0.4 is 10.2 Å². The van der Waals surface area contributed by atoms with E-state index in [-0.39, 0.29) is 5.91 Å². The normalized spacial score (nSPS) is 15.6. The summed E-state index contributed by atoms with van der Waals surface area (Å²) in [5, 5.41) is 3.47. The number of benzene rings is 2. The molecule has 0 saturated carbocycles. The van der Waals surface area contributed by atoms with Crippen molar-refractivity contribution in [3.8, 4) is 0 Å². The number of pyridine rings is 1. The molecule has 0 aliphatic carbocycles. The van der Waals surface area contributed by atoms with E-state index >= 15 is 0 Å². The molecule has 2 aromatic carbocycles. The predicted octanol–water partition coefficient (Wildman–Crippen LogP) is 5.07. The lowest BCUT2D eigenvalue weighted by Crippen LogP contribution is -2.24. The lowest BCUT2D eigenvalue weighted by atomic mass is 10.1. The van der Waals surface area contributed by atoms with Crippen LogP contribution >= 0.6 is 11.6 Å². The van der Waals surface area contributed by atoms with E-state index in [9.17, 15) is 4.79 Å². The summed E-state index contributed by atoms with van der Waals surface area (Å²) >= 11 is 5.86. The van der Waals surface area contributed by atoms with Gasteiger partial charge < -0.3 is 10.2 Å². The van der Waals surface area contributed by atoms with Gasteiger partial charge in [-0.25, -0.2) is 4.98 Å². The van der Waals surface area contributed by atoms with Crippen molar-refractivity contribution in [1.82, 2.24) is 4.98 Å². The number of nitrogens with one attached hydrogen (secondary N) is 1. The van der Waals surface area contributed by atoms with Gasteiger partial charge >= 0.3 is 0 Å². The molecular formula is C21H18ClN3O. The van der Waals surface area contributed by atoms with E-state index in [4.69, 9.17) is 11.6 Å². The van der Waals surface area contributed by atoms with Gasteiger partial charge in [-0.1, -0.05) is 29.8 Å². The highest BCUT2D eigenvalue weighted by molar-refractivity contribution is 6.30. The van der Waals surface area contributed by atoms with Gasteiger partial charge in [0.15, 0.2) is 0 Å². The van der Waals surface area contributed by atoms with Crippen LogP contribution in [-0.4, -0.2) is 16.9 Å². The van der Waals surface area contributed by atoms with Gasteiger partial charge in [-0.3, -0.25) is 4.79 Å². The average Bonchev–Trinajstić information content (AvgIpc) is 2.99. The fourth-order valence-corrected chi connectivity index (χ4v) is 3.45. The Labute approximate surface area is 157 Å². The second-order valence-corrected chi connectivity index (χ2v) is 6.85. The van der Waals surface area contributed by atoms with E-state index in [1.165, 1.54) is 11.3 Å². The van der Waals surface area contributed by atoms with Crippen molar-refractivity contribution >= 4 is 34.7 Å². The zero-order chi connectivity index (χ0) is 18.1. The molecule has 0 bridgehead atoms. The monoisotopic (exact) mass is 363 g/mol. The average molecular weight is 364 g/mol. The zero-order valence-corrected chi connectivity index (χ0v) is 15.1. The molecule has 5 heteroatoms. The van der Waals surface area contributed by atoms with Crippen molar-refractivity contribution in [1.29, 1.82) is 0 Å². The summed E-state index contributed by atoms with van der Waals surface area (Å²) in [6, 6.07) is 19.4. The SMILES string of the molecule is CC1Cc2ccccc2N1c1ccc(NC(=O)c2ccc(Cl)cc2)cn1. The molecule has 1 amide bonds. The molecule has 0 saturated heterocycles. The Morgan fingerprint density at radius 3 is 2.62 bits per heavy atom. The number of anilines is 3. The van der Waals surface area contributed by atoms with E-state index in [0.29, 0.717) is 22.3 Å². The quantitative estimate of drug-likeness (QED) is 0.706. The first-order valence-corrected chi connectivity index (χ1v) is 8.90. The van der Waals surface area contributed by atoms with Crippen LogP contribution in [0.25, 0.3) is 0 Å². The molecule has 1 N–H and O–H groups in total. The molecule has 130 valence electrons. The van der Waals surface area contributed by atoms with Crippen LogP contribution in [0.2, 0.25) is 5.02 Å². The van der Waals surface area contributed by atoms with Crippen LogP contribution in [0.1, 0.15) is 22.8 Å². The maximum Gasteiger partial charge on any atom is 0.255 e. The highest BCUT2D eigenvalue weighted by Crippen LogP contribution is 2.37. The number of nitrogens with zero attached hydrogens (tertiary/aromatic N) is 2. The third-order valence-corrected chi connectivity index (χ3v) is 4.82. The molecule has 3 aromatic rings. The van der Waals surface area contributed by atoms with Crippen LogP contribution in [-0.2, 0) is 6.42 Å². The van der Waals surface area contributed by atoms with Crippen LogP contribution in [0.3, 0.4) is 0 Å². The Kier molecular flexibility index (Phi) is 4.35. The molecule has 1 aliphatic heterocycles. The molecule has 2 heterocycles. The summed E-state index contributed by atoms with van der Waals surface area (Å²) in [4.78, 5) is 19.1. The summed E-state index contributed by atoms with van der Waals surface area (Å²) in [5.41, 5.74) is 3.75. The molecule has 0 fully saturated rings. The number of carbonyl (C=O) groups is 1. The number of aromatic nitrogens is 1. The third kappa shape index (κ3) is 3.16. The summed E-state index contributed by atoms with van der Waals surface area (Å²) in [7, 11) is 0. The summed E-state index contributed by atoms with van der Waals surface area (Å²) in [6.07, 6.45) is 2.70. The standard InChI is InChI=1S/C21H18ClN3O/c1-14-12-16-4-2-3-5-19(16)25(14)20-11-10-18(13-23-20)24-21(26)15-6-8-17(22)9-7-15/h2-11,13-14H,12H2,1H3,(H,24,26). The minimum absolute atomic E-state index is 0.184. The van der Waals surface area contributed by atoms with E-state index < -0.39 is 0 Å². The smallest absolute Gasteiger partial charge is 0.255 e. The van der Waals surface area contributed by atoms with Crippen molar-refractivity contribution in [2.75, 3.05) is 10.2 Å². The van der Waals surface area contributed by atoms with Crippen molar-refractivity contribution in [3.05, 3.63) is 83.0 Å². The van der Waals surface area contributed by atoms with Crippen LogP contribution in [0.15, 0.2) is 66.9 Å². The third-order valence-electron chi connectivity index (χ3n) is 4.57. The van der Waals surface area contributed by atoms with Crippen molar-refractivity contribution in [2.45, 2.75) is 19.4 Å². The maximum absolute atomic E-state index is 12.3. The second kappa shape index (κ2) is 6.81. The first-order chi connectivity index (χ1) is 12.6. The molecule has 4 rings (SSSR count). The Balaban J connectivity index is 1.52. The largest absolute Gasteiger partial charge is 0.323 e. The number of hydrogen-bond donors (Lipinski definition) is 1. The molecule has 1 aromatic heterocycles. The van der Waals surface area contributed by atoms with E-state index in [1.807, 2.05) is 18.2 Å². The predicted molar refractivity (Wildman–Crippen MR) is 105 cm³/mol. The number of amides is 1. The van der Waals surface area contributed by atoms with Crippen LogP contribution in [0.5, 0.6) is 0 Å². The minimum atomic E-state index is -0.184. The second-order valence-electron chi connectivity index (χ2n) is 6.42. The molecule has 26 heavy (non-hydrogen) atoms. The molecule has 1 unspecified atom stereocenters. The summed E-state index contributed by atoms with van der Waals surface area (Å²) in [5.74, 6) is 0.697. The van der Waals surface area contributed by atoms with E-state index in [2.05, 4.69) is 40.3 Å². The van der Waals surface area contributed by atoms with Crippen molar-refractivity contribution < 1.29 is 4.79 Å². The van der Waals surface area contributed by atoms with Gasteiger partial charge in [0, 0.05) is 22.3 Å². The Hall–Kier alpha value is -2.85. The Morgan fingerprint density at radius 2 is 1.88 bits per heavy atom. The van der Waals surface area contributed by atoms with Gasteiger partial charge in [-0.2, -0.15) is 0 Å². The fourth-order valence-electron chi connectivity index (χ4n) is 3.32. The van der Waals surface area contributed by atoms with E-state index in [1.54, 1.807) is 30.5 Å². The maximum atomic E-state index is 12.3. The highest BCUT2D eigenvalue weighted by Gasteiger charge is 2.27. The van der Waals surface area contributed by atoms with Gasteiger partial charge in [0.05, 0.1) is 11.9 Å². The molecule has 0 radical (unpaired) electrons. The van der Waals surface area contributed by atoms with Crippen molar-refractivity contribution in [3.63, 3.8) is 0 Å². The van der Waals surface area contributed by atoms with Gasteiger partial charge in [0.1, 0.15) is 5.82 Å². The van der Waals surface area contributed by atoms with Crippen LogP contribution in [0, 0.1) is 0 Å². The Bertz CT molecular complexity index is 938. The van der Waals surface area contributed by atoms with Crippen LogP contribution in [0.4, 0.5) is 17.2 Å². The molecule has 1 atom stereocenters. The van der Waals surface area contributed by atoms with Crippen molar-refractivity contribution in [2.24, 2.45) is 0 Å². The van der Waals surface area contributed by atoms with E-state index in [0.717, 1.165) is 12.2 Å². The summed E-state index contributed by atoms with van der Waals surface area (Å²) in [6.45, 7) is 2.19. The molecular weight excluding hydrogens is 346 g/mol. The topological polar surface area (TPSA) is 45.2 Å². The summed E-state index contributed by atoms with van der Waals surface area (Å²) < 4.78 is 0. The number of para-hydroxylation sites is 1. The van der Waals surface area contributed by atoms with Gasteiger partial charge in [-0.15, -0.1) is 0 Å². The first kappa shape index (κ1) is 16.6. The number of halogens is 1. The minimum Gasteiger partial charge on any atom is -0.323 e. The number of rotatable bonds is 3. The number of hydrogen-bond acceptors (Lipinski definition) is 3. The number of fused-ring (bicyclic) bond motifs is 1. The lowest BCUT2D eigenvalue weighted by Gasteiger charge is -2.24. The molecule has 1 aliphatic rings. The van der Waals surface area contributed by atoms with Gasteiger partial charge in [-0.05, 0) is 61.4 Å². The lowest BCUT2D eigenvalue weighted by molar-refractivity contribution is 0.102. The highest BCUT2D eigenvalue weighted by atomic mass is 35.5. The fraction of sp³-hybridized carbons (Fsp3) is 0.143. The molecule has 4 nitrogen and oxygen atoms in total. The molecule has 0 spiro atoms. The first-order valence-electron chi connectivity index (χ1n) is 8.52. The van der Waals surface area contributed by atoms with Gasteiger partial charge in [0.25, 0.3) is 5.91 Å². The Morgan fingerprint density at radius 1 is 1.12 bits per heavy atom.